The largest absolute Gasteiger partial charge is 0.496 e. The van der Waals surface area contributed by atoms with Gasteiger partial charge in [-0.15, -0.1) is 10.2 Å². The molecule has 2 aromatic heterocycles. The molecule has 0 spiro atoms. The molecule has 0 fully saturated rings. The first-order valence-corrected chi connectivity index (χ1v) is 11.0. The van der Waals surface area contributed by atoms with E-state index in [0.717, 1.165) is 46.5 Å². The molecule has 4 rings (SSSR count). The van der Waals surface area contributed by atoms with Crippen LogP contribution < -0.4 is 9.88 Å². The maximum atomic E-state index is 11.5. The second kappa shape index (κ2) is 7.89. The van der Waals surface area contributed by atoms with Crippen LogP contribution in [0, 0.1) is 6.92 Å². The van der Waals surface area contributed by atoms with Crippen molar-refractivity contribution in [3.63, 3.8) is 0 Å². The van der Waals surface area contributed by atoms with Gasteiger partial charge in [0.1, 0.15) is 12.1 Å². The predicted octanol–water partition coefficient (Wildman–Crippen LogP) is 3.15. The molecule has 0 radical (unpaired) electrons. The summed E-state index contributed by atoms with van der Waals surface area (Å²) in [6.07, 6.45) is 3.30. The molecule has 4 aromatic rings. The number of nitrogens with zero attached hydrogens (tertiary/aromatic N) is 3. The highest BCUT2D eigenvalue weighted by Crippen LogP contribution is 2.27. The molecule has 2 N–H and O–H groups in total. The topological polar surface area (TPSA) is 99.6 Å². The number of pyridine rings is 1. The van der Waals surface area contributed by atoms with Crippen molar-refractivity contribution in [2.24, 2.45) is 5.14 Å². The lowest BCUT2D eigenvalue weighted by molar-refractivity contribution is 0.409. The summed E-state index contributed by atoms with van der Waals surface area (Å²) in [4.78, 5) is 0.0763. The van der Waals surface area contributed by atoms with E-state index in [1.807, 2.05) is 29.5 Å². The molecule has 0 saturated carbocycles. The van der Waals surface area contributed by atoms with Gasteiger partial charge in [0, 0.05) is 11.3 Å². The molecule has 7 nitrogen and oxygen atoms in total. The van der Waals surface area contributed by atoms with Crippen LogP contribution in [0.25, 0.3) is 16.8 Å². The van der Waals surface area contributed by atoms with Gasteiger partial charge in [0.2, 0.25) is 10.0 Å². The van der Waals surface area contributed by atoms with E-state index in [0.29, 0.717) is 5.65 Å². The molecule has 0 saturated heterocycles. The number of aromatic nitrogens is 3. The SMILES string of the molecule is COc1cc(C)ccc1CCc1ccc(-c2ccc(S(N)(=O)=O)cc2)c2nncn12. The molecule has 0 aliphatic rings. The molecule has 2 heterocycles. The molecule has 0 unspecified atom stereocenters. The Hall–Kier alpha value is -3.23. The van der Waals surface area contributed by atoms with Crippen molar-refractivity contribution in [3.8, 4) is 16.9 Å². The van der Waals surface area contributed by atoms with Crippen LogP contribution in [-0.2, 0) is 22.9 Å². The molecule has 0 atom stereocenters. The second-order valence-corrected chi connectivity index (χ2v) is 8.71. The highest BCUT2D eigenvalue weighted by Gasteiger charge is 2.13. The summed E-state index contributed by atoms with van der Waals surface area (Å²) in [5, 5.41) is 13.5. The lowest BCUT2D eigenvalue weighted by Gasteiger charge is -2.12. The standard InChI is InChI=1S/C22H22N4O3S/c1-15-3-4-17(21(13-15)29-2)5-8-18-9-12-20(22-25-24-14-26(18)22)16-6-10-19(11-7-16)30(23,27)28/h3-4,6-7,9-14H,5,8H2,1-2H3,(H2,23,27,28). The van der Waals surface area contributed by atoms with Crippen molar-refractivity contribution >= 4 is 15.7 Å². The maximum Gasteiger partial charge on any atom is 0.238 e. The zero-order chi connectivity index (χ0) is 21.3. The van der Waals surface area contributed by atoms with Gasteiger partial charge in [-0.3, -0.25) is 4.40 Å². The summed E-state index contributed by atoms with van der Waals surface area (Å²) in [5.74, 6) is 0.890. The van der Waals surface area contributed by atoms with Crippen LogP contribution in [0.15, 0.2) is 65.8 Å². The summed E-state index contributed by atoms with van der Waals surface area (Å²) in [5.41, 5.74) is 5.80. The number of hydrogen-bond acceptors (Lipinski definition) is 5. The number of hydrogen-bond donors (Lipinski definition) is 1. The predicted molar refractivity (Wildman–Crippen MR) is 115 cm³/mol. The van der Waals surface area contributed by atoms with E-state index in [1.165, 1.54) is 12.1 Å². The third-order valence-corrected chi connectivity index (χ3v) is 6.06. The highest BCUT2D eigenvalue weighted by molar-refractivity contribution is 7.89. The average Bonchev–Trinajstić information content (AvgIpc) is 3.22. The molecule has 154 valence electrons. The van der Waals surface area contributed by atoms with Crippen LogP contribution in [0.4, 0.5) is 0 Å². The summed E-state index contributed by atoms with van der Waals surface area (Å²) >= 11 is 0. The minimum absolute atomic E-state index is 0.0763. The molecule has 8 heteroatoms. The first-order valence-electron chi connectivity index (χ1n) is 9.45. The van der Waals surface area contributed by atoms with Crippen LogP contribution in [0.3, 0.4) is 0 Å². The van der Waals surface area contributed by atoms with Crippen LogP contribution in [0.1, 0.15) is 16.8 Å². The van der Waals surface area contributed by atoms with E-state index in [-0.39, 0.29) is 4.90 Å². The Kier molecular flexibility index (Phi) is 5.27. The van der Waals surface area contributed by atoms with Crippen molar-refractivity contribution in [2.45, 2.75) is 24.7 Å². The molecule has 0 amide bonds. The Morgan fingerprint density at radius 1 is 1.03 bits per heavy atom. The molecule has 0 aliphatic heterocycles. The molecule has 0 bridgehead atoms. The number of ether oxygens (including phenoxy) is 1. The lowest BCUT2D eigenvalue weighted by atomic mass is 10.0. The minimum atomic E-state index is -3.73. The van der Waals surface area contributed by atoms with Gasteiger partial charge in [0.15, 0.2) is 5.65 Å². The Morgan fingerprint density at radius 2 is 1.80 bits per heavy atom. The van der Waals surface area contributed by atoms with Gasteiger partial charge in [-0.05, 0) is 66.8 Å². The Balaban J connectivity index is 1.65. The number of aryl methyl sites for hydroxylation is 3. The average molecular weight is 423 g/mol. The first kappa shape index (κ1) is 20.1. The van der Waals surface area contributed by atoms with Crippen LogP contribution in [-0.4, -0.2) is 30.1 Å². The quantitative estimate of drug-likeness (QED) is 0.515. The zero-order valence-electron chi connectivity index (χ0n) is 16.7. The Labute approximate surface area is 175 Å². The third kappa shape index (κ3) is 3.92. The van der Waals surface area contributed by atoms with Crippen molar-refractivity contribution in [1.82, 2.24) is 14.6 Å². The number of rotatable bonds is 6. The van der Waals surface area contributed by atoms with E-state index in [9.17, 15) is 8.42 Å². The lowest BCUT2D eigenvalue weighted by Crippen LogP contribution is -2.11. The van der Waals surface area contributed by atoms with Gasteiger partial charge in [-0.25, -0.2) is 13.6 Å². The number of methoxy groups -OCH3 is 1. The van der Waals surface area contributed by atoms with Gasteiger partial charge >= 0.3 is 0 Å². The van der Waals surface area contributed by atoms with Gasteiger partial charge in [-0.2, -0.15) is 0 Å². The number of sulfonamides is 1. The fraction of sp³-hybridized carbons (Fsp3) is 0.182. The molecule has 0 aliphatic carbocycles. The van der Waals surface area contributed by atoms with E-state index in [4.69, 9.17) is 9.88 Å². The molecular weight excluding hydrogens is 400 g/mol. The number of fused-ring (bicyclic) bond motifs is 1. The van der Waals surface area contributed by atoms with E-state index in [2.05, 4.69) is 22.3 Å². The number of nitrogens with two attached hydrogens (primary N) is 1. The van der Waals surface area contributed by atoms with E-state index >= 15 is 0 Å². The van der Waals surface area contributed by atoms with Crippen molar-refractivity contribution < 1.29 is 13.2 Å². The summed E-state index contributed by atoms with van der Waals surface area (Å²) in [6.45, 7) is 2.04. The summed E-state index contributed by atoms with van der Waals surface area (Å²) in [7, 11) is -2.04. The summed E-state index contributed by atoms with van der Waals surface area (Å²) < 4.78 is 30.5. The van der Waals surface area contributed by atoms with Crippen molar-refractivity contribution in [2.75, 3.05) is 7.11 Å². The van der Waals surface area contributed by atoms with Crippen LogP contribution in [0.2, 0.25) is 0 Å². The van der Waals surface area contributed by atoms with E-state index < -0.39 is 10.0 Å². The van der Waals surface area contributed by atoms with Crippen LogP contribution in [0.5, 0.6) is 5.75 Å². The van der Waals surface area contributed by atoms with E-state index in [1.54, 1.807) is 25.6 Å². The van der Waals surface area contributed by atoms with Gasteiger partial charge in [0.05, 0.1) is 12.0 Å². The normalized spacial score (nSPS) is 11.7. The van der Waals surface area contributed by atoms with Crippen molar-refractivity contribution in [1.29, 1.82) is 0 Å². The third-order valence-electron chi connectivity index (χ3n) is 5.13. The fourth-order valence-corrected chi connectivity index (χ4v) is 4.05. The van der Waals surface area contributed by atoms with Gasteiger partial charge in [-0.1, -0.05) is 24.3 Å². The van der Waals surface area contributed by atoms with Crippen LogP contribution >= 0.6 is 0 Å². The Morgan fingerprint density at radius 3 is 2.50 bits per heavy atom. The van der Waals surface area contributed by atoms with Gasteiger partial charge in [0.25, 0.3) is 0 Å². The highest BCUT2D eigenvalue weighted by atomic mass is 32.2. The van der Waals surface area contributed by atoms with Gasteiger partial charge < -0.3 is 4.74 Å². The number of primary sulfonamides is 1. The number of benzene rings is 2. The molecule has 2 aromatic carbocycles. The zero-order valence-corrected chi connectivity index (χ0v) is 17.6. The summed E-state index contributed by atoms with van der Waals surface area (Å²) in [6, 6.07) is 16.7. The second-order valence-electron chi connectivity index (χ2n) is 7.15. The molecule has 30 heavy (non-hydrogen) atoms. The van der Waals surface area contributed by atoms with Crippen molar-refractivity contribution in [3.05, 3.63) is 77.7 Å². The molecular formula is C22H22N4O3S. The smallest absolute Gasteiger partial charge is 0.238 e. The Bertz CT molecular complexity index is 1310. The maximum absolute atomic E-state index is 11.5. The first-order chi connectivity index (χ1) is 14.4. The monoisotopic (exact) mass is 422 g/mol. The fourth-order valence-electron chi connectivity index (χ4n) is 3.54. The minimum Gasteiger partial charge on any atom is -0.496 e.